The number of allylic oxidation sites excluding steroid dienone is 2. The van der Waals surface area contributed by atoms with Crippen LogP contribution in [-0.2, 0) is 28.7 Å². The van der Waals surface area contributed by atoms with E-state index in [2.05, 4.69) is 55.4 Å². The van der Waals surface area contributed by atoms with Crippen molar-refractivity contribution in [2.75, 3.05) is 0 Å². The van der Waals surface area contributed by atoms with Crippen LogP contribution in [0.5, 0.6) is 0 Å². The first-order chi connectivity index (χ1) is 21.5. The maximum absolute atomic E-state index is 13.5. The van der Waals surface area contributed by atoms with E-state index in [0.717, 1.165) is 63.2 Å². The lowest BCUT2D eigenvalue weighted by atomic mass is 9.37. The topological polar surface area (TPSA) is 86.7 Å². The Hall–Kier alpha value is -1.98. The third-order valence-electron chi connectivity index (χ3n) is 13.9. The molecule has 3 fully saturated rings. The molecule has 0 heterocycles. The van der Waals surface area contributed by atoms with E-state index in [-0.39, 0.29) is 58.3 Å². The second-order valence-electron chi connectivity index (χ2n) is 19.1. The highest BCUT2D eigenvalue weighted by Gasteiger charge is 2.66. The molecule has 47 heavy (non-hydrogen) atoms. The molecule has 0 radical (unpaired) electrons. The third kappa shape index (κ3) is 6.42. The summed E-state index contributed by atoms with van der Waals surface area (Å²) < 4.78 is 11.9. The summed E-state index contributed by atoms with van der Waals surface area (Å²) in [5, 5.41) is 0. The van der Waals surface area contributed by atoms with Gasteiger partial charge in [0.25, 0.3) is 0 Å². The van der Waals surface area contributed by atoms with Crippen LogP contribution < -0.4 is 0 Å². The Morgan fingerprint density at radius 1 is 0.957 bits per heavy atom. The molecule has 0 amide bonds. The first kappa shape index (κ1) is 37.8. The SMILES string of the molecule is CCC[C@H](OC(=O)CC(C)(C)C(=O)OC(C)(C)C)C(C)(C)C1CC[C@]2(C)[C@H](CC[C@@H]3C4=C(C(C)C)C(=O)C[C@]4(C=O)CC[C@]32C)[C@@H]1C. The van der Waals surface area contributed by atoms with E-state index in [1.807, 2.05) is 20.8 Å². The van der Waals surface area contributed by atoms with Crippen LogP contribution in [0.4, 0.5) is 0 Å². The molecule has 0 N–H and O–H groups in total. The molecule has 0 aromatic rings. The largest absolute Gasteiger partial charge is 0.462 e. The second kappa shape index (κ2) is 12.7. The van der Waals surface area contributed by atoms with Gasteiger partial charge in [0.1, 0.15) is 18.0 Å². The average molecular weight is 655 g/mol. The van der Waals surface area contributed by atoms with Crippen molar-refractivity contribution in [3.05, 3.63) is 11.1 Å². The molecular weight excluding hydrogens is 588 g/mol. The molecule has 0 aliphatic heterocycles. The van der Waals surface area contributed by atoms with Crippen molar-refractivity contribution in [3.63, 3.8) is 0 Å². The molecular formula is C41H66O6. The van der Waals surface area contributed by atoms with Gasteiger partial charge in [-0.2, -0.15) is 0 Å². The van der Waals surface area contributed by atoms with Crippen LogP contribution in [0.3, 0.4) is 0 Å². The zero-order valence-corrected chi connectivity index (χ0v) is 32.1. The first-order valence-corrected chi connectivity index (χ1v) is 18.7. The molecule has 0 aromatic carbocycles. The lowest BCUT2D eigenvalue weighted by Crippen LogP contribution is -2.61. The molecule has 6 nitrogen and oxygen atoms in total. The monoisotopic (exact) mass is 654 g/mol. The predicted octanol–water partition coefficient (Wildman–Crippen LogP) is 9.47. The number of Topliss-reactive ketones (excluding diaryl/α,β-unsaturated/α-hetero) is 1. The third-order valence-corrected chi connectivity index (χ3v) is 13.9. The number of hydrogen-bond donors (Lipinski definition) is 0. The van der Waals surface area contributed by atoms with Gasteiger partial charge in [-0.15, -0.1) is 0 Å². The minimum Gasteiger partial charge on any atom is -0.462 e. The Kier molecular flexibility index (Phi) is 10.2. The summed E-state index contributed by atoms with van der Waals surface area (Å²) in [6.45, 7) is 27.4. The summed E-state index contributed by atoms with van der Waals surface area (Å²) in [5.74, 6) is 1.19. The minimum absolute atomic E-state index is 0.0160. The number of aldehydes is 1. The molecule has 0 saturated heterocycles. The highest BCUT2D eigenvalue weighted by Crippen LogP contribution is 2.73. The molecule has 3 saturated carbocycles. The lowest BCUT2D eigenvalue weighted by molar-refractivity contribution is -0.185. The maximum atomic E-state index is 13.5. The van der Waals surface area contributed by atoms with Crippen molar-refractivity contribution in [1.82, 2.24) is 0 Å². The molecule has 8 atom stereocenters. The smallest absolute Gasteiger partial charge is 0.312 e. The first-order valence-electron chi connectivity index (χ1n) is 18.7. The molecule has 4 rings (SSSR count). The van der Waals surface area contributed by atoms with Gasteiger partial charge < -0.3 is 14.3 Å². The number of hydrogen-bond acceptors (Lipinski definition) is 6. The van der Waals surface area contributed by atoms with E-state index >= 15 is 0 Å². The van der Waals surface area contributed by atoms with E-state index in [0.29, 0.717) is 24.2 Å². The molecule has 6 heteroatoms. The number of carbonyl (C=O) groups is 4. The Bertz CT molecular complexity index is 1280. The Labute approximate surface area is 285 Å². The van der Waals surface area contributed by atoms with Gasteiger partial charge >= 0.3 is 11.9 Å². The molecule has 4 aliphatic carbocycles. The van der Waals surface area contributed by atoms with Gasteiger partial charge in [-0.3, -0.25) is 14.4 Å². The van der Waals surface area contributed by atoms with Gasteiger partial charge in [0.2, 0.25) is 0 Å². The van der Waals surface area contributed by atoms with Gasteiger partial charge in [-0.1, -0.05) is 61.8 Å². The second-order valence-corrected chi connectivity index (χ2v) is 19.1. The number of ketones is 1. The van der Waals surface area contributed by atoms with Crippen molar-refractivity contribution in [2.24, 2.45) is 56.7 Å². The zero-order chi connectivity index (χ0) is 35.5. The highest BCUT2D eigenvalue weighted by atomic mass is 16.6. The lowest BCUT2D eigenvalue weighted by Gasteiger charge is -2.67. The van der Waals surface area contributed by atoms with Gasteiger partial charge in [-0.05, 0) is 131 Å². The summed E-state index contributed by atoms with van der Waals surface area (Å²) in [7, 11) is 0. The van der Waals surface area contributed by atoms with E-state index in [9.17, 15) is 19.2 Å². The number of ether oxygens (including phenoxy) is 2. The fourth-order valence-corrected chi connectivity index (χ4v) is 11.2. The summed E-state index contributed by atoms with van der Waals surface area (Å²) in [6.07, 6.45) is 8.94. The summed E-state index contributed by atoms with van der Waals surface area (Å²) >= 11 is 0. The van der Waals surface area contributed by atoms with Crippen molar-refractivity contribution >= 4 is 24.0 Å². The summed E-state index contributed by atoms with van der Waals surface area (Å²) in [4.78, 5) is 52.5. The number of esters is 2. The van der Waals surface area contributed by atoms with E-state index < -0.39 is 16.4 Å². The molecule has 0 aromatic heterocycles. The quantitative estimate of drug-likeness (QED) is 0.172. The maximum Gasteiger partial charge on any atom is 0.312 e. The standard InChI is InChI=1S/C41H66O6/c1-14-15-31(46-32(44)23-37(8,9)35(45)47-36(5,6)7)38(10,11)27-18-19-39(12)28(26(27)4)16-17-29-34-33(25(2)3)30(43)22-41(34,24-42)21-20-40(29,39)13/h24-29,31H,14-23H2,1-13H3/t26-,27?,28-,29-,31+,39-,40-,41+/m1/s1. The van der Waals surface area contributed by atoms with E-state index in [4.69, 9.17) is 9.47 Å². The van der Waals surface area contributed by atoms with Gasteiger partial charge in [0, 0.05) is 11.8 Å². The Balaban J connectivity index is 1.58. The normalized spacial score (nSPS) is 35.1. The Morgan fingerprint density at radius 2 is 1.60 bits per heavy atom. The number of carbonyl (C=O) groups excluding carboxylic acids is 4. The van der Waals surface area contributed by atoms with Crippen molar-refractivity contribution in [1.29, 1.82) is 0 Å². The van der Waals surface area contributed by atoms with Crippen molar-refractivity contribution in [3.8, 4) is 0 Å². The molecule has 4 aliphatic rings. The van der Waals surface area contributed by atoms with Gasteiger partial charge in [0.05, 0.1) is 17.3 Å². The van der Waals surface area contributed by atoms with Gasteiger partial charge in [-0.25, -0.2) is 0 Å². The fraction of sp³-hybridized carbons (Fsp3) is 0.854. The summed E-state index contributed by atoms with van der Waals surface area (Å²) in [5.41, 5.74) is -0.160. The Morgan fingerprint density at radius 3 is 2.15 bits per heavy atom. The van der Waals surface area contributed by atoms with Crippen LogP contribution in [0.15, 0.2) is 11.1 Å². The van der Waals surface area contributed by atoms with Crippen LogP contribution in [0.25, 0.3) is 0 Å². The fourth-order valence-electron chi connectivity index (χ4n) is 11.2. The highest BCUT2D eigenvalue weighted by molar-refractivity contribution is 6.03. The van der Waals surface area contributed by atoms with E-state index in [1.54, 1.807) is 13.8 Å². The van der Waals surface area contributed by atoms with Crippen LogP contribution >= 0.6 is 0 Å². The minimum atomic E-state index is -0.977. The summed E-state index contributed by atoms with van der Waals surface area (Å²) in [6, 6.07) is 0. The van der Waals surface area contributed by atoms with Crippen LogP contribution in [-0.4, -0.2) is 35.7 Å². The molecule has 0 spiro atoms. The molecule has 0 bridgehead atoms. The van der Waals surface area contributed by atoms with Crippen LogP contribution in [0, 0.1) is 56.7 Å². The van der Waals surface area contributed by atoms with Crippen LogP contribution in [0.1, 0.15) is 154 Å². The number of rotatable bonds is 10. The van der Waals surface area contributed by atoms with E-state index in [1.165, 1.54) is 5.57 Å². The van der Waals surface area contributed by atoms with Crippen molar-refractivity contribution in [2.45, 2.75) is 166 Å². The predicted molar refractivity (Wildman–Crippen MR) is 186 cm³/mol. The molecule has 266 valence electrons. The van der Waals surface area contributed by atoms with Crippen molar-refractivity contribution < 1.29 is 28.7 Å². The average Bonchev–Trinajstić information content (AvgIpc) is 3.24. The number of fused-ring (bicyclic) bond motifs is 5. The zero-order valence-electron chi connectivity index (χ0n) is 32.1. The van der Waals surface area contributed by atoms with Gasteiger partial charge in [0.15, 0.2) is 5.78 Å². The van der Waals surface area contributed by atoms with Crippen LogP contribution in [0.2, 0.25) is 0 Å². The molecule has 1 unspecified atom stereocenters.